The first-order valence-corrected chi connectivity index (χ1v) is 4.80. The van der Waals surface area contributed by atoms with Gasteiger partial charge in [-0.15, -0.1) is 0 Å². The topological polar surface area (TPSA) is 37.3 Å². The number of rotatable bonds is 7. The lowest BCUT2D eigenvalue weighted by Gasteiger charge is -1.89. The van der Waals surface area contributed by atoms with Gasteiger partial charge in [0.05, 0.1) is 6.42 Å². The summed E-state index contributed by atoms with van der Waals surface area (Å²) in [7, 11) is 0. The van der Waals surface area contributed by atoms with Crippen LogP contribution < -0.4 is 0 Å². The predicted octanol–water partition coefficient (Wildman–Crippen LogP) is 3.15. The van der Waals surface area contributed by atoms with Crippen LogP contribution in [0.15, 0.2) is 24.3 Å². The minimum atomic E-state index is -0.782. The fourth-order valence-corrected chi connectivity index (χ4v) is 0.934. The number of hydrogen-bond acceptors (Lipinski definition) is 1. The molecule has 2 nitrogen and oxygen atoms in total. The minimum absolute atomic E-state index is 0.110. The molecular formula is C11H18O2. The van der Waals surface area contributed by atoms with Crippen LogP contribution in [0.4, 0.5) is 0 Å². The highest BCUT2D eigenvalue weighted by Crippen LogP contribution is 1.99. The first-order chi connectivity index (χ1) is 6.27. The van der Waals surface area contributed by atoms with E-state index in [1.165, 1.54) is 19.3 Å². The van der Waals surface area contributed by atoms with Gasteiger partial charge < -0.3 is 5.11 Å². The van der Waals surface area contributed by atoms with E-state index in [9.17, 15) is 4.79 Å². The Morgan fingerprint density at radius 2 is 1.92 bits per heavy atom. The SMILES string of the molecule is CCCCC/C=C/C=C/CC(=O)O. The molecule has 0 bridgehead atoms. The van der Waals surface area contributed by atoms with Crippen molar-refractivity contribution in [2.75, 3.05) is 0 Å². The molecule has 0 saturated carbocycles. The zero-order valence-electron chi connectivity index (χ0n) is 8.20. The Morgan fingerprint density at radius 1 is 1.23 bits per heavy atom. The highest BCUT2D eigenvalue weighted by atomic mass is 16.4. The van der Waals surface area contributed by atoms with E-state index in [0.717, 1.165) is 6.42 Å². The summed E-state index contributed by atoms with van der Waals surface area (Å²) in [6, 6.07) is 0. The quantitative estimate of drug-likeness (QED) is 0.485. The van der Waals surface area contributed by atoms with E-state index < -0.39 is 5.97 Å². The summed E-state index contributed by atoms with van der Waals surface area (Å²) < 4.78 is 0. The van der Waals surface area contributed by atoms with Crippen LogP contribution in [0, 0.1) is 0 Å². The van der Waals surface area contributed by atoms with Crippen LogP contribution in [0.1, 0.15) is 39.0 Å². The average molecular weight is 182 g/mol. The van der Waals surface area contributed by atoms with Crippen LogP contribution in [0.5, 0.6) is 0 Å². The Labute approximate surface area is 80.0 Å². The fraction of sp³-hybridized carbons (Fsp3) is 0.545. The Morgan fingerprint density at radius 3 is 2.54 bits per heavy atom. The molecule has 0 unspecified atom stereocenters. The molecule has 1 N–H and O–H groups in total. The van der Waals surface area contributed by atoms with E-state index in [0.29, 0.717) is 0 Å². The number of hydrogen-bond donors (Lipinski definition) is 1. The van der Waals surface area contributed by atoms with Crippen molar-refractivity contribution >= 4 is 5.97 Å². The predicted molar refractivity (Wildman–Crippen MR) is 54.7 cm³/mol. The highest BCUT2D eigenvalue weighted by Gasteiger charge is 1.86. The second-order valence-corrected chi connectivity index (χ2v) is 2.95. The maximum atomic E-state index is 10.1. The number of aliphatic carboxylic acids is 1. The molecule has 0 aromatic carbocycles. The van der Waals surface area contributed by atoms with Gasteiger partial charge in [0, 0.05) is 0 Å². The van der Waals surface area contributed by atoms with Crippen molar-refractivity contribution < 1.29 is 9.90 Å². The van der Waals surface area contributed by atoms with Gasteiger partial charge in [0.25, 0.3) is 0 Å². The summed E-state index contributed by atoms with van der Waals surface area (Å²) >= 11 is 0. The van der Waals surface area contributed by atoms with Gasteiger partial charge in [-0.05, 0) is 12.8 Å². The van der Waals surface area contributed by atoms with Crippen LogP contribution in [-0.2, 0) is 4.79 Å². The third-order valence-corrected chi connectivity index (χ3v) is 1.65. The molecule has 0 rings (SSSR count). The third kappa shape index (κ3) is 10.9. The van der Waals surface area contributed by atoms with Gasteiger partial charge in [-0.2, -0.15) is 0 Å². The van der Waals surface area contributed by atoms with Crippen LogP contribution in [0.3, 0.4) is 0 Å². The summed E-state index contributed by atoms with van der Waals surface area (Å²) in [5.74, 6) is -0.782. The Kier molecular flexibility index (Phi) is 8.31. The largest absolute Gasteiger partial charge is 0.481 e. The molecule has 2 heteroatoms. The van der Waals surface area contributed by atoms with Crippen molar-refractivity contribution in [1.82, 2.24) is 0 Å². The van der Waals surface area contributed by atoms with Crippen molar-refractivity contribution in [3.05, 3.63) is 24.3 Å². The summed E-state index contributed by atoms with van der Waals surface area (Å²) in [6.45, 7) is 2.18. The van der Waals surface area contributed by atoms with Gasteiger partial charge >= 0.3 is 5.97 Å². The number of allylic oxidation sites excluding steroid dienone is 3. The zero-order valence-corrected chi connectivity index (χ0v) is 8.20. The highest BCUT2D eigenvalue weighted by molar-refractivity contribution is 5.68. The van der Waals surface area contributed by atoms with E-state index in [-0.39, 0.29) is 6.42 Å². The molecule has 0 aromatic heterocycles. The Hall–Kier alpha value is -1.05. The lowest BCUT2D eigenvalue weighted by Crippen LogP contribution is -1.89. The molecule has 0 aliphatic carbocycles. The van der Waals surface area contributed by atoms with Crippen LogP contribution in [0.25, 0.3) is 0 Å². The second kappa shape index (κ2) is 9.04. The lowest BCUT2D eigenvalue weighted by atomic mass is 10.2. The van der Waals surface area contributed by atoms with Crippen molar-refractivity contribution in [3.8, 4) is 0 Å². The van der Waals surface area contributed by atoms with Crippen LogP contribution in [0.2, 0.25) is 0 Å². The van der Waals surface area contributed by atoms with Crippen molar-refractivity contribution in [3.63, 3.8) is 0 Å². The molecule has 0 fully saturated rings. The van der Waals surface area contributed by atoms with Gasteiger partial charge in [0.15, 0.2) is 0 Å². The molecular weight excluding hydrogens is 164 g/mol. The van der Waals surface area contributed by atoms with Crippen molar-refractivity contribution in [1.29, 1.82) is 0 Å². The Bertz CT molecular complexity index is 181. The summed E-state index contributed by atoms with van der Waals surface area (Å²) in [5, 5.41) is 8.31. The van der Waals surface area contributed by atoms with E-state index in [4.69, 9.17) is 5.11 Å². The number of carboxylic acid groups (broad SMARTS) is 1. The van der Waals surface area contributed by atoms with Gasteiger partial charge in [0.2, 0.25) is 0 Å². The van der Waals surface area contributed by atoms with Gasteiger partial charge in [-0.25, -0.2) is 0 Å². The summed E-state index contributed by atoms with van der Waals surface area (Å²) in [4.78, 5) is 10.1. The normalized spacial score (nSPS) is 11.5. The van der Waals surface area contributed by atoms with Gasteiger partial charge in [0.1, 0.15) is 0 Å². The number of carbonyl (C=O) groups is 1. The lowest BCUT2D eigenvalue weighted by molar-refractivity contribution is -0.135. The maximum absolute atomic E-state index is 10.1. The van der Waals surface area contributed by atoms with Gasteiger partial charge in [-0.3, -0.25) is 4.79 Å². The van der Waals surface area contributed by atoms with Crippen molar-refractivity contribution in [2.45, 2.75) is 39.0 Å². The molecule has 74 valence electrons. The van der Waals surface area contributed by atoms with E-state index in [1.54, 1.807) is 12.2 Å². The first-order valence-electron chi connectivity index (χ1n) is 4.80. The van der Waals surface area contributed by atoms with Crippen LogP contribution in [-0.4, -0.2) is 11.1 Å². The molecule has 0 saturated heterocycles. The molecule has 0 amide bonds. The summed E-state index contributed by atoms with van der Waals surface area (Å²) in [6.07, 6.45) is 12.4. The minimum Gasteiger partial charge on any atom is -0.481 e. The standard InChI is InChI=1S/C11H18O2/c1-2-3-4-5-6-7-8-9-10-11(12)13/h6-9H,2-5,10H2,1H3,(H,12,13)/b7-6+,9-8+. The monoisotopic (exact) mass is 182 g/mol. The van der Waals surface area contributed by atoms with Crippen molar-refractivity contribution in [2.24, 2.45) is 0 Å². The molecule has 0 aromatic rings. The maximum Gasteiger partial charge on any atom is 0.307 e. The van der Waals surface area contributed by atoms with E-state index in [1.807, 2.05) is 6.08 Å². The fourth-order valence-electron chi connectivity index (χ4n) is 0.934. The number of carboxylic acids is 1. The smallest absolute Gasteiger partial charge is 0.307 e. The zero-order chi connectivity index (χ0) is 9.94. The average Bonchev–Trinajstić information content (AvgIpc) is 2.09. The molecule has 0 spiro atoms. The molecule has 0 heterocycles. The van der Waals surface area contributed by atoms with Gasteiger partial charge in [-0.1, -0.05) is 44.1 Å². The second-order valence-electron chi connectivity index (χ2n) is 2.95. The first kappa shape index (κ1) is 11.9. The molecule has 0 aliphatic heterocycles. The summed E-state index contributed by atoms with van der Waals surface area (Å²) in [5.41, 5.74) is 0. The molecule has 13 heavy (non-hydrogen) atoms. The van der Waals surface area contributed by atoms with E-state index >= 15 is 0 Å². The Balaban J connectivity index is 3.29. The van der Waals surface area contributed by atoms with E-state index in [2.05, 4.69) is 13.0 Å². The number of unbranched alkanes of at least 4 members (excludes halogenated alkanes) is 3. The molecule has 0 aliphatic rings. The third-order valence-electron chi connectivity index (χ3n) is 1.65. The molecule has 0 atom stereocenters. The molecule has 0 radical (unpaired) electrons. The van der Waals surface area contributed by atoms with Crippen LogP contribution >= 0.6 is 0 Å².